The van der Waals surface area contributed by atoms with Gasteiger partial charge in [-0.1, -0.05) is 17.1 Å². The second-order valence-corrected chi connectivity index (χ2v) is 6.53. The number of hydrogen-bond acceptors (Lipinski definition) is 5. The Morgan fingerprint density at radius 3 is 2.96 bits per heavy atom. The Bertz CT molecular complexity index is 1120. The van der Waals surface area contributed by atoms with Crippen molar-refractivity contribution < 1.29 is 14.1 Å². The average Bonchev–Trinajstić information content (AvgIpc) is 2.68. The van der Waals surface area contributed by atoms with Gasteiger partial charge < -0.3 is 15.8 Å². The maximum Gasteiger partial charge on any atom is 0.278 e. The zero-order valence-corrected chi connectivity index (χ0v) is 16.1. The van der Waals surface area contributed by atoms with E-state index in [-0.39, 0.29) is 22.8 Å². The first-order chi connectivity index (χ1) is 13.5. The first kappa shape index (κ1) is 19.5. The first-order valence-electron chi connectivity index (χ1n) is 9.01. The van der Waals surface area contributed by atoms with Crippen LogP contribution in [0.15, 0.2) is 41.8 Å². The van der Waals surface area contributed by atoms with Crippen LogP contribution < -0.4 is 21.2 Å². The van der Waals surface area contributed by atoms with E-state index in [0.29, 0.717) is 42.8 Å². The number of anilines is 1. The molecule has 8 nitrogen and oxygen atoms in total. The van der Waals surface area contributed by atoms with E-state index in [1.165, 1.54) is 10.5 Å². The van der Waals surface area contributed by atoms with Crippen molar-refractivity contribution in [3.05, 3.63) is 58.5 Å². The monoisotopic (exact) mass is 382 g/mol. The summed E-state index contributed by atoms with van der Waals surface area (Å²) in [5, 5.41) is 3.04. The number of ether oxygens (including phenoxy) is 1. The number of fused-ring (bicyclic) bond motifs is 2. The standard InChI is InChI=1S/C20H23N5O3/c1-4-8-22-19(26)14-11-15-18(24(17(14)21)9-5-10-28-3)23-16-7-6-13(2)12-25(16)20(15)27/h4,6-7,11-12,21H,1,5,8-10H2,2-3H3,(H,22,26)/p+1. The highest BCUT2D eigenvalue weighted by molar-refractivity contribution is 6.00. The lowest BCUT2D eigenvalue weighted by atomic mass is 10.1. The Morgan fingerprint density at radius 2 is 2.25 bits per heavy atom. The number of aromatic nitrogens is 3. The summed E-state index contributed by atoms with van der Waals surface area (Å²) in [5.41, 5.74) is 8.20. The molecule has 0 bridgehead atoms. The van der Waals surface area contributed by atoms with Gasteiger partial charge in [-0.05, 0) is 24.6 Å². The van der Waals surface area contributed by atoms with Crippen molar-refractivity contribution in [1.82, 2.24) is 14.7 Å². The van der Waals surface area contributed by atoms with E-state index >= 15 is 0 Å². The fraction of sp³-hybridized carbons (Fsp3) is 0.300. The average molecular weight is 382 g/mol. The molecule has 0 saturated heterocycles. The number of aryl methyl sites for hydroxylation is 2. The van der Waals surface area contributed by atoms with Crippen molar-refractivity contribution in [2.24, 2.45) is 0 Å². The predicted molar refractivity (Wildman–Crippen MR) is 107 cm³/mol. The molecule has 0 atom stereocenters. The molecule has 8 heteroatoms. The number of carbonyl (C=O) groups excluding carboxylic acids is 1. The molecule has 0 aliphatic heterocycles. The molecule has 0 saturated carbocycles. The smallest absolute Gasteiger partial charge is 0.278 e. The third-order valence-electron chi connectivity index (χ3n) is 4.48. The van der Waals surface area contributed by atoms with E-state index in [9.17, 15) is 9.59 Å². The molecule has 3 aromatic rings. The van der Waals surface area contributed by atoms with Gasteiger partial charge in [-0.15, -0.1) is 6.58 Å². The fourth-order valence-electron chi connectivity index (χ4n) is 3.09. The Kier molecular flexibility index (Phi) is 5.70. The molecule has 0 spiro atoms. The number of hydrogen-bond donors (Lipinski definition) is 2. The highest BCUT2D eigenvalue weighted by Gasteiger charge is 2.24. The minimum absolute atomic E-state index is 0.235. The topological polar surface area (TPSA) is 103 Å². The highest BCUT2D eigenvalue weighted by atomic mass is 16.5. The number of nitrogen functional groups attached to an aromatic ring is 1. The minimum atomic E-state index is -0.367. The molecule has 0 unspecified atom stereocenters. The van der Waals surface area contributed by atoms with E-state index in [1.807, 2.05) is 13.0 Å². The lowest BCUT2D eigenvalue weighted by Crippen LogP contribution is -2.43. The molecule has 3 heterocycles. The molecular formula is C20H24N5O3+. The minimum Gasteiger partial charge on any atom is -0.385 e. The number of pyridine rings is 2. The zero-order valence-electron chi connectivity index (χ0n) is 16.1. The number of nitrogens with zero attached hydrogens (tertiary/aromatic N) is 3. The third kappa shape index (κ3) is 3.59. The number of amides is 1. The summed E-state index contributed by atoms with van der Waals surface area (Å²) < 4.78 is 8.31. The summed E-state index contributed by atoms with van der Waals surface area (Å²) in [6.45, 7) is 6.78. The molecule has 0 aromatic carbocycles. The quantitative estimate of drug-likeness (QED) is 0.274. The second-order valence-electron chi connectivity index (χ2n) is 6.53. The Morgan fingerprint density at radius 1 is 1.46 bits per heavy atom. The summed E-state index contributed by atoms with van der Waals surface area (Å²) in [6.07, 6.45) is 3.97. The molecule has 3 aromatic heterocycles. The van der Waals surface area contributed by atoms with Crippen molar-refractivity contribution in [1.29, 1.82) is 0 Å². The van der Waals surface area contributed by atoms with Crippen LogP contribution in [0.4, 0.5) is 5.82 Å². The van der Waals surface area contributed by atoms with Gasteiger partial charge in [-0.2, -0.15) is 0 Å². The van der Waals surface area contributed by atoms with E-state index in [2.05, 4.69) is 16.9 Å². The molecule has 1 amide bonds. The van der Waals surface area contributed by atoms with Gasteiger partial charge in [0.15, 0.2) is 0 Å². The van der Waals surface area contributed by atoms with Crippen LogP contribution in [-0.4, -0.2) is 35.6 Å². The van der Waals surface area contributed by atoms with E-state index in [0.717, 1.165) is 5.56 Å². The van der Waals surface area contributed by atoms with Crippen LogP contribution in [0.1, 0.15) is 22.3 Å². The number of rotatable bonds is 7. The Hall–Kier alpha value is -3.26. The predicted octanol–water partition coefficient (Wildman–Crippen LogP) is 0.978. The summed E-state index contributed by atoms with van der Waals surface area (Å²) in [7, 11) is 1.62. The summed E-state index contributed by atoms with van der Waals surface area (Å²) in [6, 6.07) is 5.19. The first-order valence-corrected chi connectivity index (χ1v) is 9.01. The van der Waals surface area contributed by atoms with Gasteiger partial charge in [0.25, 0.3) is 17.1 Å². The van der Waals surface area contributed by atoms with Gasteiger partial charge in [-0.25, -0.2) is 4.57 Å². The molecule has 0 radical (unpaired) electrons. The van der Waals surface area contributed by atoms with Crippen LogP contribution in [0.5, 0.6) is 0 Å². The van der Waals surface area contributed by atoms with E-state index in [1.54, 1.807) is 30.0 Å². The van der Waals surface area contributed by atoms with Crippen LogP contribution in [0.25, 0.3) is 16.7 Å². The Balaban J connectivity index is 2.30. The van der Waals surface area contributed by atoms with Gasteiger partial charge >= 0.3 is 0 Å². The lowest BCUT2D eigenvalue weighted by molar-refractivity contribution is -0.659. The third-order valence-corrected chi connectivity index (χ3v) is 4.48. The number of carbonyl (C=O) groups is 1. The molecule has 0 fully saturated rings. The van der Waals surface area contributed by atoms with Crippen LogP contribution in [-0.2, 0) is 11.3 Å². The molecule has 146 valence electrons. The van der Waals surface area contributed by atoms with Crippen molar-refractivity contribution in [3.8, 4) is 0 Å². The highest BCUT2D eigenvalue weighted by Crippen LogP contribution is 2.15. The second kappa shape index (κ2) is 8.18. The van der Waals surface area contributed by atoms with Crippen molar-refractivity contribution in [2.75, 3.05) is 26.0 Å². The number of nitrogens with two attached hydrogens (primary N) is 1. The lowest BCUT2D eigenvalue weighted by Gasteiger charge is -2.12. The van der Waals surface area contributed by atoms with Crippen molar-refractivity contribution in [2.45, 2.75) is 19.9 Å². The van der Waals surface area contributed by atoms with Crippen LogP contribution in [0.3, 0.4) is 0 Å². The van der Waals surface area contributed by atoms with Crippen LogP contribution >= 0.6 is 0 Å². The summed E-state index contributed by atoms with van der Waals surface area (Å²) in [4.78, 5) is 30.3. The van der Waals surface area contributed by atoms with Gasteiger partial charge in [0.1, 0.15) is 10.9 Å². The molecule has 0 aliphatic carbocycles. The van der Waals surface area contributed by atoms with Gasteiger partial charge in [-0.3, -0.25) is 14.0 Å². The molecule has 3 N–H and O–H groups in total. The molecule has 0 aliphatic rings. The maximum absolute atomic E-state index is 13.1. The van der Waals surface area contributed by atoms with E-state index in [4.69, 9.17) is 10.5 Å². The van der Waals surface area contributed by atoms with Crippen molar-refractivity contribution >= 4 is 28.4 Å². The normalized spacial score (nSPS) is 11.1. The van der Waals surface area contributed by atoms with Crippen molar-refractivity contribution in [3.63, 3.8) is 0 Å². The fourth-order valence-corrected chi connectivity index (χ4v) is 3.09. The largest absolute Gasteiger partial charge is 0.385 e. The SMILES string of the molecule is C=CCNC(=O)c1cc2c(=O)n3cc(C)ccc3nc2[n+](CCCOC)c1N. The molecule has 3 rings (SSSR count). The van der Waals surface area contributed by atoms with Crippen LogP contribution in [0.2, 0.25) is 0 Å². The van der Waals surface area contributed by atoms with Gasteiger partial charge in [0.05, 0.1) is 6.54 Å². The summed E-state index contributed by atoms with van der Waals surface area (Å²) >= 11 is 0. The number of nitrogens with one attached hydrogen (secondary N) is 1. The maximum atomic E-state index is 13.1. The Labute approximate surface area is 162 Å². The molecule has 28 heavy (non-hydrogen) atoms. The zero-order chi connectivity index (χ0) is 20.3. The van der Waals surface area contributed by atoms with E-state index < -0.39 is 0 Å². The van der Waals surface area contributed by atoms with Crippen LogP contribution in [0, 0.1) is 6.92 Å². The summed E-state index contributed by atoms with van der Waals surface area (Å²) in [5.74, 6) is -0.109. The number of methoxy groups -OCH3 is 1. The van der Waals surface area contributed by atoms with Gasteiger partial charge in [0.2, 0.25) is 11.5 Å². The van der Waals surface area contributed by atoms with Gasteiger partial charge in [0, 0.05) is 32.9 Å². The molecular weight excluding hydrogens is 358 g/mol.